The molecule has 0 spiro atoms. The molecule has 7 heteroatoms. The highest BCUT2D eigenvalue weighted by molar-refractivity contribution is 5.75. The molecule has 3 fully saturated rings. The standard InChI is InChI=1S/C33H46F4N2.C2H4.CH3F/c1-4-28(29-13-14-30(31(34)22-29)26(3)39-19-8-10-25(2)23-39)12-7-5-6-11-27-15-20-38(21-16-27)24-32(17-9-18-32)33(35,36)37;2*1-2/h4,7,12-14,22,25,27H,3,5-6,8-11,15-21,23-24H2,1-2H3;1-2H2;1H3/b12-7-,28-4+;;. The number of halogens is 5. The van der Waals surface area contributed by atoms with Crippen LogP contribution in [0.2, 0.25) is 0 Å². The Hall–Kier alpha value is -2.41. The van der Waals surface area contributed by atoms with Gasteiger partial charge in [0.25, 0.3) is 0 Å². The van der Waals surface area contributed by atoms with E-state index in [1.165, 1.54) is 6.42 Å². The fraction of sp³-hybridized carbons (Fsp3) is 0.611. The van der Waals surface area contributed by atoms with Crippen molar-refractivity contribution in [3.8, 4) is 0 Å². The van der Waals surface area contributed by atoms with Crippen molar-refractivity contribution in [3.63, 3.8) is 0 Å². The van der Waals surface area contributed by atoms with Crippen molar-refractivity contribution in [1.29, 1.82) is 0 Å². The number of alkyl halides is 4. The highest BCUT2D eigenvalue weighted by atomic mass is 19.4. The fourth-order valence-corrected chi connectivity index (χ4v) is 6.62. The Labute approximate surface area is 257 Å². The highest BCUT2D eigenvalue weighted by Crippen LogP contribution is 2.53. The van der Waals surface area contributed by atoms with E-state index in [9.17, 15) is 17.6 Å². The van der Waals surface area contributed by atoms with Crippen LogP contribution in [0.3, 0.4) is 0 Å². The summed E-state index contributed by atoms with van der Waals surface area (Å²) in [4.78, 5) is 4.26. The largest absolute Gasteiger partial charge is 0.395 e. The smallest absolute Gasteiger partial charge is 0.371 e. The minimum absolute atomic E-state index is 0.186. The van der Waals surface area contributed by atoms with Crippen LogP contribution < -0.4 is 0 Å². The maximum atomic E-state index is 15.1. The lowest BCUT2D eigenvalue weighted by Gasteiger charge is -2.47. The molecule has 0 radical (unpaired) electrons. The first-order valence-corrected chi connectivity index (χ1v) is 15.9. The minimum Gasteiger partial charge on any atom is -0.371 e. The number of rotatable bonds is 10. The van der Waals surface area contributed by atoms with Crippen LogP contribution in [0, 0.1) is 23.1 Å². The third-order valence-electron chi connectivity index (χ3n) is 9.39. The zero-order valence-electron chi connectivity index (χ0n) is 26.6. The number of likely N-dealkylation sites (tertiary alicyclic amines) is 2. The van der Waals surface area contributed by atoms with E-state index >= 15 is 4.39 Å². The number of benzene rings is 1. The lowest BCUT2D eigenvalue weighted by Crippen LogP contribution is -2.53. The quantitative estimate of drug-likeness (QED) is 0.113. The molecule has 1 saturated carbocycles. The van der Waals surface area contributed by atoms with Gasteiger partial charge in [0.1, 0.15) is 5.82 Å². The van der Waals surface area contributed by atoms with Gasteiger partial charge in [-0.2, -0.15) is 13.2 Å². The second-order valence-corrected chi connectivity index (χ2v) is 12.3. The number of nitrogens with zero attached hydrogens (tertiary/aromatic N) is 2. The first kappa shape index (κ1) is 36.8. The average Bonchev–Trinajstić information content (AvgIpc) is 2.98. The lowest BCUT2D eigenvalue weighted by molar-refractivity contribution is -0.256. The summed E-state index contributed by atoms with van der Waals surface area (Å²) < 4.78 is 65.1. The second-order valence-electron chi connectivity index (χ2n) is 12.3. The Kier molecular flexibility index (Phi) is 15.2. The van der Waals surface area contributed by atoms with E-state index < -0.39 is 11.6 Å². The van der Waals surface area contributed by atoms with Crippen molar-refractivity contribution in [2.75, 3.05) is 39.9 Å². The molecular formula is C36H53F5N2. The molecule has 1 aromatic carbocycles. The van der Waals surface area contributed by atoms with E-state index in [0.29, 0.717) is 43.8 Å². The van der Waals surface area contributed by atoms with Crippen molar-refractivity contribution < 1.29 is 22.0 Å². The van der Waals surface area contributed by atoms with Gasteiger partial charge < -0.3 is 9.80 Å². The molecule has 2 heterocycles. The third kappa shape index (κ3) is 10.1. The number of unbranched alkanes of at least 4 members (excludes halogenated alkanes) is 1. The van der Waals surface area contributed by atoms with E-state index in [-0.39, 0.29) is 12.4 Å². The monoisotopic (exact) mass is 608 g/mol. The van der Waals surface area contributed by atoms with E-state index in [1.807, 2.05) is 30.0 Å². The van der Waals surface area contributed by atoms with Crippen LogP contribution >= 0.6 is 0 Å². The van der Waals surface area contributed by atoms with Crippen LogP contribution in [0.4, 0.5) is 22.0 Å². The molecule has 242 valence electrons. The molecule has 2 aliphatic heterocycles. The van der Waals surface area contributed by atoms with Crippen LogP contribution in [0.5, 0.6) is 0 Å². The first-order chi connectivity index (χ1) is 20.6. The summed E-state index contributed by atoms with van der Waals surface area (Å²) >= 11 is 0. The van der Waals surface area contributed by atoms with Crippen molar-refractivity contribution in [1.82, 2.24) is 9.80 Å². The summed E-state index contributed by atoms with van der Waals surface area (Å²) in [5.74, 6) is 0.970. The summed E-state index contributed by atoms with van der Waals surface area (Å²) in [6.45, 7) is 18.0. The summed E-state index contributed by atoms with van der Waals surface area (Å²) in [7, 11) is 0.500. The van der Waals surface area contributed by atoms with Gasteiger partial charge in [-0.15, -0.1) is 13.2 Å². The number of allylic oxidation sites excluding steroid dienone is 4. The van der Waals surface area contributed by atoms with Gasteiger partial charge in [-0.25, -0.2) is 4.39 Å². The molecule has 1 atom stereocenters. The SMILES string of the molecule is C=C.C=C(c1ccc(C(/C=C\CCCC2CCN(CC3(C(F)(F)F)CCC3)CC2)=C/C)cc1F)N1CCCC(C)C1.CF. The molecule has 1 aromatic rings. The van der Waals surface area contributed by atoms with Gasteiger partial charge in [0.2, 0.25) is 0 Å². The first-order valence-electron chi connectivity index (χ1n) is 15.9. The van der Waals surface area contributed by atoms with Gasteiger partial charge in [-0.3, -0.25) is 4.39 Å². The minimum atomic E-state index is -4.07. The molecular weight excluding hydrogens is 555 g/mol. The fourth-order valence-electron chi connectivity index (χ4n) is 6.62. The number of hydrogen-bond donors (Lipinski definition) is 0. The lowest BCUT2D eigenvalue weighted by atomic mass is 9.67. The van der Waals surface area contributed by atoms with Crippen molar-refractivity contribution in [2.24, 2.45) is 17.3 Å². The molecule has 0 N–H and O–H groups in total. The second kappa shape index (κ2) is 17.8. The Morgan fingerprint density at radius 3 is 2.26 bits per heavy atom. The Bertz CT molecular complexity index is 1050. The molecule has 3 aliphatic rings. The van der Waals surface area contributed by atoms with Gasteiger partial charge in [-0.05, 0) is 106 Å². The summed E-state index contributed by atoms with van der Waals surface area (Å²) in [5.41, 5.74) is 1.78. The van der Waals surface area contributed by atoms with E-state index in [0.717, 1.165) is 81.5 Å². The van der Waals surface area contributed by atoms with Crippen molar-refractivity contribution in [2.45, 2.75) is 84.2 Å². The van der Waals surface area contributed by atoms with E-state index in [4.69, 9.17) is 0 Å². The molecule has 0 bridgehead atoms. The maximum Gasteiger partial charge on any atom is 0.395 e. The van der Waals surface area contributed by atoms with Crippen LogP contribution in [0.15, 0.2) is 56.2 Å². The van der Waals surface area contributed by atoms with Gasteiger partial charge >= 0.3 is 6.18 Å². The van der Waals surface area contributed by atoms with E-state index in [1.54, 1.807) is 6.07 Å². The highest BCUT2D eigenvalue weighted by Gasteiger charge is 2.58. The molecule has 0 amide bonds. The van der Waals surface area contributed by atoms with Gasteiger partial charge in [0.05, 0.1) is 12.6 Å². The third-order valence-corrected chi connectivity index (χ3v) is 9.39. The Morgan fingerprint density at radius 2 is 1.72 bits per heavy atom. The zero-order chi connectivity index (χ0) is 32.0. The Balaban J connectivity index is 0.00000155. The van der Waals surface area contributed by atoms with Gasteiger partial charge in [-0.1, -0.05) is 50.6 Å². The topological polar surface area (TPSA) is 6.48 Å². The van der Waals surface area contributed by atoms with Gasteiger partial charge in [0, 0.05) is 30.9 Å². The van der Waals surface area contributed by atoms with Crippen LogP contribution in [0.1, 0.15) is 89.2 Å². The summed E-state index contributed by atoms with van der Waals surface area (Å²) in [6, 6.07) is 5.46. The molecule has 2 nitrogen and oxygen atoms in total. The van der Waals surface area contributed by atoms with Gasteiger partial charge in [0.15, 0.2) is 0 Å². The maximum absolute atomic E-state index is 15.1. The molecule has 0 aromatic heterocycles. The molecule has 4 rings (SSSR count). The Morgan fingerprint density at radius 1 is 1.05 bits per heavy atom. The molecule has 1 unspecified atom stereocenters. The molecule has 43 heavy (non-hydrogen) atoms. The zero-order valence-corrected chi connectivity index (χ0v) is 26.6. The molecule has 1 aliphatic carbocycles. The van der Waals surface area contributed by atoms with Crippen LogP contribution in [-0.2, 0) is 0 Å². The van der Waals surface area contributed by atoms with E-state index in [2.05, 4.69) is 43.7 Å². The summed E-state index contributed by atoms with van der Waals surface area (Å²) in [5, 5.41) is 0. The average molecular weight is 609 g/mol. The number of hydrogen-bond acceptors (Lipinski definition) is 2. The van der Waals surface area contributed by atoms with Crippen molar-refractivity contribution >= 4 is 11.3 Å². The predicted molar refractivity (Wildman–Crippen MR) is 172 cm³/mol. The summed E-state index contributed by atoms with van der Waals surface area (Å²) in [6.07, 6.45) is 10.9. The van der Waals surface area contributed by atoms with Crippen LogP contribution in [0.25, 0.3) is 11.3 Å². The normalized spacial score (nSPS) is 21.3. The van der Waals surface area contributed by atoms with Crippen LogP contribution in [-0.4, -0.2) is 55.9 Å². The predicted octanol–water partition coefficient (Wildman–Crippen LogP) is 10.5. The molecule has 2 saturated heterocycles. The van der Waals surface area contributed by atoms with Crippen molar-refractivity contribution in [3.05, 3.63) is 73.1 Å². The number of piperidine rings is 2.